The SMILES string of the molecule is Nc1nnc(-c2ccccc2O)cc1N1CCC(CNC(=O)C2CCN(c3cccc4c3C(=O)N(C3CCC(=O)NC3=O)C4=O)CC2)(c2ccccc2)CC1. The Morgan fingerprint density at radius 2 is 1.51 bits per heavy atom. The Hall–Kier alpha value is -6.31. The van der Waals surface area contributed by atoms with Gasteiger partial charge >= 0.3 is 0 Å². The zero-order valence-electron chi connectivity index (χ0n) is 30.2. The summed E-state index contributed by atoms with van der Waals surface area (Å²) in [5, 5.41) is 24.4. The number of imide groups is 2. The highest BCUT2D eigenvalue weighted by molar-refractivity contribution is 6.25. The largest absolute Gasteiger partial charge is 0.507 e. The van der Waals surface area contributed by atoms with E-state index in [0.717, 1.165) is 29.0 Å². The first-order valence-corrected chi connectivity index (χ1v) is 18.7. The Balaban J connectivity index is 0.924. The third-order valence-corrected chi connectivity index (χ3v) is 11.7. The van der Waals surface area contributed by atoms with E-state index in [4.69, 9.17) is 5.73 Å². The first-order valence-electron chi connectivity index (χ1n) is 18.7. The normalized spacial score (nSPS) is 20.0. The number of anilines is 3. The van der Waals surface area contributed by atoms with Crippen molar-refractivity contribution in [2.45, 2.75) is 50.0 Å². The van der Waals surface area contributed by atoms with Gasteiger partial charge in [-0.15, -0.1) is 10.2 Å². The van der Waals surface area contributed by atoms with Crippen molar-refractivity contribution in [1.82, 2.24) is 25.7 Å². The lowest BCUT2D eigenvalue weighted by atomic mass is 9.72. The summed E-state index contributed by atoms with van der Waals surface area (Å²) in [5.41, 5.74) is 10.2. The summed E-state index contributed by atoms with van der Waals surface area (Å²) in [6, 6.07) is 23.2. The number of aromatic nitrogens is 2. The number of nitrogens with two attached hydrogens (primary N) is 1. The second-order valence-electron chi connectivity index (χ2n) is 14.8. The Morgan fingerprint density at radius 1 is 0.818 bits per heavy atom. The van der Waals surface area contributed by atoms with E-state index in [0.29, 0.717) is 68.3 Å². The summed E-state index contributed by atoms with van der Waals surface area (Å²) in [6.45, 7) is 2.83. The smallest absolute Gasteiger partial charge is 0.264 e. The van der Waals surface area contributed by atoms with Crippen LogP contribution in [0.25, 0.3) is 11.3 Å². The molecule has 1 unspecified atom stereocenters. The zero-order valence-corrected chi connectivity index (χ0v) is 30.2. The Kier molecular flexibility index (Phi) is 9.41. The van der Waals surface area contributed by atoms with E-state index >= 15 is 0 Å². The number of para-hydroxylation sites is 1. The molecule has 0 bridgehead atoms. The summed E-state index contributed by atoms with van der Waals surface area (Å²) >= 11 is 0. The number of nitrogens with zero attached hydrogens (tertiary/aromatic N) is 5. The van der Waals surface area contributed by atoms with Crippen LogP contribution in [0.4, 0.5) is 17.2 Å². The van der Waals surface area contributed by atoms with Gasteiger partial charge in [-0.05, 0) is 68.0 Å². The number of amides is 5. The molecule has 5 amide bonds. The first-order chi connectivity index (χ1) is 26.6. The van der Waals surface area contributed by atoms with Crippen LogP contribution in [0.3, 0.4) is 0 Å². The van der Waals surface area contributed by atoms with Crippen molar-refractivity contribution in [3.05, 3.63) is 95.6 Å². The van der Waals surface area contributed by atoms with Crippen LogP contribution in [0.2, 0.25) is 0 Å². The number of piperidine rings is 3. The molecule has 0 radical (unpaired) electrons. The molecule has 8 rings (SSSR count). The predicted octanol–water partition coefficient (Wildman–Crippen LogP) is 3.40. The molecule has 3 fully saturated rings. The maximum atomic E-state index is 13.8. The summed E-state index contributed by atoms with van der Waals surface area (Å²) in [5.74, 6) is -1.96. The van der Waals surface area contributed by atoms with Crippen LogP contribution >= 0.6 is 0 Å². The van der Waals surface area contributed by atoms with Crippen LogP contribution < -0.4 is 26.2 Å². The van der Waals surface area contributed by atoms with Gasteiger partial charge in [-0.25, -0.2) is 0 Å². The quantitative estimate of drug-likeness (QED) is 0.194. The molecule has 3 aromatic carbocycles. The number of fused-ring (bicyclic) bond motifs is 1. The predicted molar refractivity (Wildman–Crippen MR) is 204 cm³/mol. The highest BCUT2D eigenvalue weighted by atomic mass is 16.3. The second-order valence-corrected chi connectivity index (χ2v) is 14.8. The van der Waals surface area contributed by atoms with E-state index in [2.05, 4.69) is 37.9 Å². The molecule has 0 aliphatic carbocycles. The van der Waals surface area contributed by atoms with Crippen LogP contribution in [0, 0.1) is 5.92 Å². The van der Waals surface area contributed by atoms with E-state index in [9.17, 15) is 29.1 Å². The van der Waals surface area contributed by atoms with Gasteiger partial charge in [0.2, 0.25) is 17.7 Å². The molecular weight excluding hydrogens is 701 g/mol. The number of carbonyl (C=O) groups excluding carboxylic acids is 5. The number of hydrogen-bond acceptors (Lipinski definition) is 11. The van der Waals surface area contributed by atoms with E-state index < -0.39 is 29.7 Å². The molecule has 282 valence electrons. The van der Waals surface area contributed by atoms with Gasteiger partial charge in [0.25, 0.3) is 11.8 Å². The van der Waals surface area contributed by atoms with Crippen molar-refractivity contribution >= 4 is 46.7 Å². The van der Waals surface area contributed by atoms with E-state index in [1.54, 1.807) is 36.4 Å². The van der Waals surface area contributed by atoms with Crippen LogP contribution in [0.1, 0.15) is 64.8 Å². The second kappa shape index (κ2) is 14.5. The molecule has 5 heterocycles. The topological polar surface area (TPSA) is 191 Å². The van der Waals surface area contributed by atoms with Crippen molar-refractivity contribution in [2.24, 2.45) is 5.92 Å². The third-order valence-electron chi connectivity index (χ3n) is 11.7. The Morgan fingerprint density at radius 3 is 2.24 bits per heavy atom. The number of carbonyl (C=O) groups is 5. The fraction of sp³-hybridized carbons (Fsp3) is 0.341. The highest BCUT2D eigenvalue weighted by Crippen LogP contribution is 2.40. The van der Waals surface area contributed by atoms with E-state index in [1.807, 2.05) is 35.2 Å². The molecule has 55 heavy (non-hydrogen) atoms. The van der Waals surface area contributed by atoms with Gasteiger partial charge in [0.1, 0.15) is 11.8 Å². The number of hydrogen-bond donors (Lipinski definition) is 4. The minimum atomic E-state index is -1.03. The van der Waals surface area contributed by atoms with Crippen molar-refractivity contribution in [2.75, 3.05) is 48.3 Å². The third kappa shape index (κ3) is 6.61. The fourth-order valence-corrected chi connectivity index (χ4v) is 8.55. The summed E-state index contributed by atoms with van der Waals surface area (Å²) in [7, 11) is 0. The Labute approximate surface area is 317 Å². The van der Waals surface area contributed by atoms with Gasteiger partial charge in [0.05, 0.1) is 28.2 Å². The van der Waals surface area contributed by atoms with Gasteiger partial charge in [0.15, 0.2) is 5.82 Å². The monoisotopic (exact) mass is 742 g/mol. The summed E-state index contributed by atoms with van der Waals surface area (Å²) < 4.78 is 0. The van der Waals surface area contributed by atoms with Gasteiger partial charge in [-0.1, -0.05) is 48.5 Å². The molecule has 0 saturated carbocycles. The van der Waals surface area contributed by atoms with Crippen molar-refractivity contribution < 1.29 is 29.1 Å². The first kappa shape index (κ1) is 35.7. The van der Waals surface area contributed by atoms with E-state index in [1.165, 1.54) is 0 Å². The molecule has 5 N–H and O–H groups in total. The van der Waals surface area contributed by atoms with Crippen LogP contribution in [-0.4, -0.2) is 88.5 Å². The molecule has 1 atom stereocenters. The van der Waals surface area contributed by atoms with Crippen LogP contribution in [0.15, 0.2) is 78.9 Å². The van der Waals surface area contributed by atoms with E-state index in [-0.39, 0.29) is 47.0 Å². The van der Waals surface area contributed by atoms with Gasteiger partial charge in [-0.3, -0.25) is 34.2 Å². The minimum Gasteiger partial charge on any atom is -0.507 e. The number of phenolic OH excluding ortho intramolecular Hbond substituents is 1. The molecule has 3 saturated heterocycles. The fourth-order valence-electron chi connectivity index (χ4n) is 8.55. The molecule has 4 aromatic rings. The lowest BCUT2D eigenvalue weighted by Crippen LogP contribution is -2.54. The average Bonchev–Trinajstić information content (AvgIpc) is 3.46. The lowest BCUT2D eigenvalue weighted by Gasteiger charge is -2.43. The van der Waals surface area contributed by atoms with Gasteiger partial charge in [0, 0.05) is 56.0 Å². The highest BCUT2D eigenvalue weighted by Gasteiger charge is 2.46. The minimum absolute atomic E-state index is 0.0131. The molecule has 4 aliphatic heterocycles. The maximum Gasteiger partial charge on any atom is 0.264 e. The maximum absolute atomic E-state index is 13.8. The summed E-state index contributed by atoms with van der Waals surface area (Å²) in [4.78, 5) is 70.3. The van der Waals surface area contributed by atoms with Crippen molar-refractivity contribution in [3.63, 3.8) is 0 Å². The van der Waals surface area contributed by atoms with Gasteiger partial charge in [-0.2, -0.15) is 0 Å². The molecule has 0 spiro atoms. The molecule has 4 aliphatic rings. The average molecular weight is 743 g/mol. The molecular formula is C41H42N8O6. The number of phenols is 1. The number of nitrogen functional groups attached to an aromatic ring is 1. The number of benzene rings is 3. The standard InChI is InChI=1S/C41H42N8O6/c42-36-32(23-29(45-46-36)27-9-4-5-12-33(27)50)48-21-17-41(18-22-48,26-7-2-1-3-8-26)24-43-37(52)25-15-19-47(20-16-25)30-11-6-10-28-35(30)40(55)49(39(28)54)31-13-14-34(51)44-38(31)53/h1-12,23,25,31,50H,13-22,24H2,(H2,42,46)(H,43,52)(H,44,51,53). The molecule has 1 aromatic heterocycles. The van der Waals surface area contributed by atoms with Crippen molar-refractivity contribution in [1.29, 1.82) is 0 Å². The lowest BCUT2D eigenvalue weighted by molar-refractivity contribution is -0.136. The number of rotatable bonds is 8. The Bertz CT molecular complexity index is 2180. The molecule has 14 heteroatoms. The number of nitrogens with one attached hydrogen (secondary N) is 2. The van der Waals surface area contributed by atoms with Crippen LogP contribution in [-0.2, 0) is 19.8 Å². The number of aromatic hydroxyl groups is 1. The summed E-state index contributed by atoms with van der Waals surface area (Å²) in [6.07, 6.45) is 2.78. The van der Waals surface area contributed by atoms with Crippen LogP contribution in [0.5, 0.6) is 5.75 Å². The zero-order chi connectivity index (χ0) is 38.3. The van der Waals surface area contributed by atoms with Gasteiger partial charge < -0.3 is 26.0 Å². The molecule has 14 nitrogen and oxygen atoms in total. The van der Waals surface area contributed by atoms with Crippen molar-refractivity contribution in [3.8, 4) is 17.0 Å².